The molecule has 3 nitrogen and oxygen atoms in total. The van der Waals surface area contributed by atoms with E-state index in [1.54, 1.807) is 48.5 Å². The standard InChI is InChI=1S/C15H13FO3/c16-13-9-5-4-8-12(13)10-19-14(15(17)18)11-6-2-1-3-7-11/h1-9,14H,10H2,(H,17,18). The number of hydrogen-bond acceptors (Lipinski definition) is 2. The van der Waals surface area contributed by atoms with Gasteiger partial charge in [0.1, 0.15) is 5.82 Å². The van der Waals surface area contributed by atoms with E-state index >= 15 is 0 Å². The lowest BCUT2D eigenvalue weighted by molar-refractivity contribution is -0.151. The molecule has 19 heavy (non-hydrogen) atoms. The van der Waals surface area contributed by atoms with Crippen molar-refractivity contribution >= 4 is 5.97 Å². The van der Waals surface area contributed by atoms with Gasteiger partial charge in [-0.1, -0.05) is 48.5 Å². The third-order valence-corrected chi connectivity index (χ3v) is 2.69. The fourth-order valence-electron chi connectivity index (χ4n) is 1.73. The molecule has 0 heterocycles. The number of halogens is 1. The molecule has 0 amide bonds. The van der Waals surface area contributed by atoms with Gasteiger partial charge >= 0.3 is 5.97 Å². The fourth-order valence-corrected chi connectivity index (χ4v) is 1.73. The summed E-state index contributed by atoms with van der Waals surface area (Å²) in [6.07, 6.45) is -1.10. The van der Waals surface area contributed by atoms with Crippen molar-refractivity contribution in [2.24, 2.45) is 0 Å². The number of benzene rings is 2. The number of rotatable bonds is 5. The second-order valence-corrected chi connectivity index (χ2v) is 4.03. The van der Waals surface area contributed by atoms with Gasteiger partial charge in [0.2, 0.25) is 0 Å². The van der Waals surface area contributed by atoms with E-state index in [2.05, 4.69) is 0 Å². The third kappa shape index (κ3) is 3.39. The Hall–Kier alpha value is -2.20. The minimum absolute atomic E-state index is 0.0848. The first kappa shape index (κ1) is 13.2. The maximum atomic E-state index is 13.4. The molecule has 1 unspecified atom stereocenters. The second kappa shape index (κ2) is 6.11. The molecule has 0 saturated carbocycles. The zero-order valence-corrected chi connectivity index (χ0v) is 10.1. The number of hydrogen-bond donors (Lipinski definition) is 1. The van der Waals surface area contributed by atoms with Gasteiger partial charge in [0, 0.05) is 5.56 Å². The molecule has 0 saturated heterocycles. The lowest BCUT2D eigenvalue weighted by Gasteiger charge is -2.14. The Kier molecular flexibility index (Phi) is 4.26. The summed E-state index contributed by atoms with van der Waals surface area (Å²) >= 11 is 0. The molecule has 4 heteroatoms. The Bertz CT molecular complexity index is 554. The zero-order valence-electron chi connectivity index (χ0n) is 10.1. The van der Waals surface area contributed by atoms with Crippen molar-refractivity contribution in [3.05, 3.63) is 71.5 Å². The van der Waals surface area contributed by atoms with Gasteiger partial charge in [-0.2, -0.15) is 0 Å². The quantitative estimate of drug-likeness (QED) is 0.898. The molecule has 98 valence electrons. The Balaban J connectivity index is 2.11. The highest BCUT2D eigenvalue weighted by Crippen LogP contribution is 2.20. The SMILES string of the molecule is O=C(O)C(OCc1ccccc1F)c1ccccc1. The lowest BCUT2D eigenvalue weighted by atomic mass is 10.1. The van der Waals surface area contributed by atoms with E-state index in [1.165, 1.54) is 6.07 Å². The molecule has 0 bridgehead atoms. The van der Waals surface area contributed by atoms with Crippen LogP contribution in [0.4, 0.5) is 4.39 Å². The topological polar surface area (TPSA) is 46.5 Å². The van der Waals surface area contributed by atoms with Crippen molar-refractivity contribution in [1.29, 1.82) is 0 Å². The van der Waals surface area contributed by atoms with Crippen LogP contribution >= 0.6 is 0 Å². The summed E-state index contributed by atoms with van der Waals surface area (Å²) in [7, 11) is 0. The summed E-state index contributed by atoms with van der Waals surface area (Å²) in [5.74, 6) is -1.50. The van der Waals surface area contributed by atoms with Crippen molar-refractivity contribution in [3.8, 4) is 0 Å². The summed E-state index contributed by atoms with van der Waals surface area (Å²) in [5, 5.41) is 9.16. The Morgan fingerprint density at radius 1 is 1.11 bits per heavy atom. The molecule has 2 aromatic rings. The van der Waals surface area contributed by atoms with Gasteiger partial charge < -0.3 is 9.84 Å². The van der Waals surface area contributed by atoms with Crippen molar-refractivity contribution in [1.82, 2.24) is 0 Å². The Labute approximate surface area is 110 Å². The van der Waals surface area contributed by atoms with Crippen LogP contribution in [-0.2, 0) is 16.1 Å². The summed E-state index contributed by atoms with van der Waals surface area (Å²) in [5.41, 5.74) is 0.871. The first-order valence-electron chi connectivity index (χ1n) is 5.81. The number of carboxylic acid groups (broad SMARTS) is 1. The van der Waals surface area contributed by atoms with Crippen molar-refractivity contribution < 1.29 is 19.0 Å². The van der Waals surface area contributed by atoms with Gasteiger partial charge in [0.05, 0.1) is 6.61 Å². The molecule has 0 aliphatic heterocycles. The Morgan fingerprint density at radius 2 is 1.74 bits per heavy atom. The van der Waals surface area contributed by atoms with E-state index in [4.69, 9.17) is 9.84 Å². The van der Waals surface area contributed by atoms with E-state index < -0.39 is 17.9 Å². The van der Waals surface area contributed by atoms with E-state index in [0.717, 1.165) is 0 Å². The maximum absolute atomic E-state index is 13.4. The largest absolute Gasteiger partial charge is 0.479 e. The molecule has 0 fully saturated rings. The third-order valence-electron chi connectivity index (χ3n) is 2.69. The van der Waals surface area contributed by atoms with Gasteiger partial charge in [0.25, 0.3) is 0 Å². The molecule has 1 N–H and O–H groups in total. The van der Waals surface area contributed by atoms with Crippen molar-refractivity contribution in [2.75, 3.05) is 0 Å². The highest BCUT2D eigenvalue weighted by Gasteiger charge is 2.20. The van der Waals surface area contributed by atoms with Gasteiger partial charge in [-0.15, -0.1) is 0 Å². The molecule has 0 aromatic heterocycles. The number of aliphatic carboxylic acids is 1. The van der Waals surface area contributed by atoms with E-state index in [-0.39, 0.29) is 6.61 Å². The summed E-state index contributed by atoms with van der Waals surface area (Å²) in [4.78, 5) is 11.2. The van der Waals surface area contributed by atoms with Crippen LogP contribution in [0.2, 0.25) is 0 Å². The first-order valence-corrected chi connectivity index (χ1v) is 5.81. The zero-order chi connectivity index (χ0) is 13.7. The normalized spacial score (nSPS) is 12.1. The van der Waals surface area contributed by atoms with Crippen LogP contribution in [0.1, 0.15) is 17.2 Å². The van der Waals surface area contributed by atoms with Crippen molar-refractivity contribution in [2.45, 2.75) is 12.7 Å². The van der Waals surface area contributed by atoms with Crippen LogP contribution in [0.25, 0.3) is 0 Å². The highest BCUT2D eigenvalue weighted by atomic mass is 19.1. The average molecular weight is 260 g/mol. The predicted octanol–water partition coefficient (Wildman–Crippen LogP) is 3.17. The second-order valence-electron chi connectivity index (χ2n) is 4.03. The monoisotopic (exact) mass is 260 g/mol. The van der Waals surface area contributed by atoms with Crippen LogP contribution < -0.4 is 0 Å². The van der Waals surface area contributed by atoms with Crippen LogP contribution in [0, 0.1) is 5.82 Å². The van der Waals surface area contributed by atoms with E-state index in [0.29, 0.717) is 11.1 Å². The predicted molar refractivity (Wildman–Crippen MR) is 68.0 cm³/mol. The molecule has 0 spiro atoms. The van der Waals surface area contributed by atoms with Crippen LogP contribution in [0.3, 0.4) is 0 Å². The number of carbonyl (C=O) groups is 1. The highest BCUT2D eigenvalue weighted by molar-refractivity contribution is 5.74. The van der Waals surface area contributed by atoms with Gasteiger partial charge in [0.15, 0.2) is 6.10 Å². The van der Waals surface area contributed by atoms with E-state index in [9.17, 15) is 9.18 Å². The molecule has 0 aliphatic carbocycles. The summed E-state index contributed by atoms with van der Waals surface area (Å²) in [6.45, 7) is -0.0848. The van der Waals surface area contributed by atoms with E-state index in [1.807, 2.05) is 0 Å². The van der Waals surface area contributed by atoms with Crippen molar-refractivity contribution in [3.63, 3.8) is 0 Å². The lowest BCUT2D eigenvalue weighted by Crippen LogP contribution is -2.15. The molecular weight excluding hydrogens is 247 g/mol. The summed E-state index contributed by atoms with van der Waals surface area (Å²) in [6, 6.07) is 14.7. The molecule has 0 radical (unpaired) electrons. The minimum Gasteiger partial charge on any atom is -0.479 e. The minimum atomic E-state index is -1.10. The molecule has 2 aromatic carbocycles. The number of ether oxygens (including phenoxy) is 1. The van der Waals surface area contributed by atoms with Gasteiger partial charge in [-0.3, -0.25) is 0 Å². The molecule has 0 aliphatic rings. The van der Waals surface area contributed by atoms with Crippen LogP contribution in [0.15, 0.2) is 54.6 Å². The molecular formula is C15H13FO3. The summed E-state index contributed by atoms with van der Waals surface area (Å²) < 4.78 is 18.7. The van der Waals surface area contributed by atoms with Gasteiger partial charge in [-0.05, 0) is 11.6 Å². The Morgan fingerprint density at radius 3 is 2.37 bits per heavy atom. The average Bonchev–Trinajstić information content (AvgIpc) is 2.42. The smallest absolute Gasteiger partial charge is 0.337 e. The molecule has 2 rings (SSSR count). The maximum Gasteiger partial charge on any atom is 0.337 e. The van der Waals surface area contributed by atoms with Gasteiger partial charge in [-0.25, -0.2) is 9.18 Å². The first-order chi connectivity index (χ1) is 9.18. The van der Waals surface area contributed by atoms with Crippen LogP contribution in [-0.4, -0.2) is 11.1 Å². The molecule has 1 atom stereocenters. The van der Waals surface area contributed by atoms with Crippen LogP contribution in [0.5, 0.6) is 0 Å². The number of carboxylic acids is 1. The fraction of sp³-hybridized carbons (Fsp3) is 0.133.